The second-order valence-corrected chi connectivity index (χ2v) is 7.11. The van der Waals surface area contributed by atoms with Crippen molar-refractivity contribution in [3.05, 3.63) is 28.2 Å². The third kappa shape index (κ3) is 2.88. The van der Waals surface area contributed by atoms with Crippen LogP contribution >= 0.6 is 0 Å². The second-order valence-electron chi connectivity index (χ2n) is 7.11. The molecule has 2 aliphatic carbocycles. The number of carbonyl (C=O) groups excluding carboxylic acids is 1. The average Bonchev–Trinajstić information content (AvgIpc) is 3.06. The highest BCUT2D eigenvalue weighted by Gasteiger charge is 2.58. The molecule has 2 unspecified atom stereocenters. The Balaban J connectivity index is 1.72. The third-order valence-electron chi connectivity index (χ3n) is 5.79. The molecule has 0 saturated heterocycles. The van der Waals surface area contributed by atoms with E-state index in [1.165, 1.54) is 23.6 Å². The number of carbonyl (C=O) groups is 1. The van der Waals surface area contributed by atoms with Gasteiger partial charge in [-0.05, 0) is 39.2 Å². The SMILES string of the molecule is CCOC1CC(N(C)C(=O)Cn2nc(C)ccc2=O)C12CCCC2. The van der Waals surface area contributed by atoms with Crippen LogP contribution in [0, 0.1) is 12.3 Å². The molecular weight excluding hydrogens is 306 g/mol. The van der Waals surface area contributed by atoms with Crippen molar-refractivity contribution >= 4 is 5.91 Å². The van der Waals surface area contributed by atoms with Crippen molar-refractivity contribution in [1.82, 2.24) is 14.7 Å². The van der Waals surface area contributed by atoms with Crippen LogP contribution < -0.4 is 5.56 Å². The minimum absolute atomic E-state index is 0.00287. The molecule has 0 N–H and O–H groups in total. The summed E-state index contributed by atoms with van der Waals surface area (Å²) in [6.07, 6.45) is 5.84. The summed E-state index contributed by atoms with van der Waals surface area (Å²) in [7, 11) is 1.86. The number of likely N-dealkylation sites (N-methyl/N-ethyl adjacent to an activating group) is 1. The van der Waals surface area contributed by atoms with Gasteiger partial charge in [0.05, 0.1) is 11.8 Å². The highest BCUT2D eigenvalue weighted by Crippen LogP contribution is 2.56. The molecule has 1 heterocycles. The van der Waals surface area contributed by atoms with Crippen LogP contribution in [0.3, 0.4) is 0 Å². The van der Waals surface area contributed by atoms with Crippen LogP contribution in [0.4, 0.5) is 0 Å². The van der Waals surface area contributed by atoms with Gasteiger partial charge in [-0.1, -0.05) is 12.8 Å². The van der Waals surface area contributed by atoms with Crippen molar-refractivity contribution in [2.45, 2.75) is 64.6 Å². The fraction of sp³-hybridized carbons (Fsp3) is 0.722. The van der Waals surface area contributed by atoms with Crippen LogP contribution in [0.5, 0.6) is 0 Å². The van der Waals surface area contributed by atoms with Gasteiger partial charge in [-0.3, -0.25) is 9.59 Å². The fourth-order valence-electron chi connectivity index (χ4n) is 4.47. The molecule has 24 heavy (non-hydrogen) atoms. The molecule has 2 fully saturated rings. The molecule has 2 aliphatic rings. The standard InChI is InChI=1S/C18H27N3O3/c1-4-24-15-11-14(18(15)9-5-6-10-18)20(3)17(23)12-21-16(22)8-7-13(2)19-21/h7-8,14-15H,4-6,9-12H2,1-3H3. The van der Waals surface area contributed by atoms with E-state index in [2.05, 4.69) is 5.10 Å². The molecule has 6 heteroatoms. The Kier molecular flexibility index (Phi) is 4.76. The van der Waals surface area contributed by atoms with Crippen LogP contribution in [0.2, 0.25) is 0 Å². The minimum Gasteiger partial charge on any atom is -0.378 e. The van der Waals surface area contributed by atoms with Crippen molar-refractivity contribution in [1.29, 1.82) is 0 Å². The molecule has 0 radical (unpaired) electrons. The highest BCUT2D eigenvalue weighted by atomic mass is 16.5. The Morgan fingerprint density at radius 3 is 2.79 bits per heavy atom. The Morgan fingerprint density at radius 2 is 2.12 bits per heavy atom. The number of rotatable bonds is 5. The maximum Gasteiger partial charge on any atom is 0.267 e. The molecule has 1 amide bonds. The van der Waals surface area contributed by atoms with Gasteiger partial charge in [0.25, 0.3) is 5.56 Å². The van der Waals surface area contributed by atoms with Gasteiger partial charge >= 0.3 is 0 Å². The number of aryl methyl sites for hydroxylation is 1. The molecule has 2 atom stereocenters. The van der Waals surface area contributed by atoms with Gasteiger partial charge in [0.15, 0.2) is 0 Å². The van der Waals surface area contributed by atoms with E-state index in [4.69, 9.17) is 4.74 Å². The Hall–Kier alpha value is -1.69. The van der Waals surface area contributed by atoms with Crippen molar-refractivity contribution in [3.8, 4) is 0 Å². The molecule has 0 bridgehead atoms. The summed E-state index contributed by atoms with van der Waals surface area (Å²) in [5.41, 5.74) is 0.613. The normalized spacial score (nSPS) is 24.8. The van der Waals surface area contributed by atoms with Crippen LogP contribution in [-0.2, 0) is 16.1 Å². The van der Waals surface area contributed by atoms with Crippen molar-refractivity contribution in [2.24, 2.45) is 5.41 Å². The zero-order chi connectivity index (χ0) is 17.3. The zero-order valence-electron chi connectivity index (χ0n) is 14.8. The lowest BCUT2D eigenvalue weighted by Crippen LogP contribution is -2.64. The predicted octanol–water partition coefficient (Wildman–Crippen LogP) is 1.75. The van der Waals surface area contributed by atoms with E-state index in [9.17, 15) is 9.59 Å². The van der Waals surface area contributed by atoms with E-state index in [1.807, 2.05) is 25.8 Å². The van der Waals surface area contributed by atoms with E-state index in [0.29, 0.717) is 0 Å². The van der Waals surface area contributed by atoms with Crippen LogP contribution in [0.1, 0.15) is 44.7 Å². The molecule has 6 nitrogen and oxygen atoms in total. The molecule has 2 saturated carbocycles. The van der Waals surface area contributed by atoms with E-state index < -0.39 is 0 Å². The summed E-state index contributed by atoms with van der Waals surface area (Å²) >= 11 is 0. The van der Waals surface area contributed by atoms with Gasteiger partial charge in [-0.2, -0.15) is 5.10 Å². The van der Waals surface area contributed by atoms with Gasteiger partial charge in [0.2, 0.25) is 5.91 Å². The van der Waals surface area contributed by atoms with Crippen molar-refractivity contribution in [3.63, 3.8) is 0 Å². The molecule has 1 aromatic heterocycles. The molecule has 0 aliphatic heterocycles. The van der Waals surface area contributed by atoms with Gasteiger partial charge in [0.1, 0.15) is 6.54 Å². The lowest BCUT2D eigenvalue weighted by atomic mass is 9.60. The van der Waals surface area contributed by atoms with E-state index >= 15 is 0 Å². The first-order chi connectivity index (χ1) is 11.5. The van der Waals surface area contributed by atoms with Crippen LogP contribution in [0.25, 0.3) is 0 Å². The number of hydrogen-bond acceptors (Lipinski definition) is 4. The summed E-state index contributed by atoms with van der Waals surface area (Å²) in [5.74, 6) is -0.0542. The smallest absolute Gasteiger partial charge is 0.267 e. The summed E-state index contributed by atoms with van der Waals surface area (Å²) in [4.78, 5) is 26.4. The van der Waals surface area contributed by atoms with Gasteiger partial charge in [0, 0.05) is 31.2 Å². The molecule has 3 rings (SSSR count). The molecule has 132 valence electrons. The Labute approximate surface area is 142 Å². The average molecular weight is 333 g/mol. The Bertz CT molecular complexity index is 664. The van der Waals surface area contributed by atoms with E-state index in [-0.39, 0.29) is 35.6 Å². The molecular formula is C18H27N3O3. The quantitative estimate of drug-likeness (QED) is 0.823. The number of nitrogens with zero attached hydrogens (tertiary/aromatic N) is 3. The maximum absolute atomic E-state index is 12.7. The first-order valence-corrected chi connectivity index (χ1v) is 8.90. The molecule has 1 spiro atoms. The lowest BCUT2D eigenvalue weighted by Gasteiger charge is -2.57. The predicted molar refractivity (Wildman–Crippen MR) is 90.7 cm³/mol. The minimum atomic E-state index is -0.237. The second kappa shape index (κ2) is 6.67. The van der Waals surface area contributed by atoms with Gasteiger partial charge < -0.3 is 9.64 Å². The van der Waals surface area contributed by atoms with E-state index in [1.54, 1.807) is 6.07 Å². The third-order valence-corrected chi connectivity index (χ3v) is 5.79. The number of aromatic nitrogens is 2. The summed E-state index contributed by atoms with van der Waals surface area (Å²) in [5, 5.41) is 4.16. The molecule has 0 aromatic carbocycles. The highest BCUT2D eigenvalue weighted by molar-refractivity contribution is 5.76. The lowest BCUT2D eigenvalue weighted by molar-refractivity contribution is -0.172. The van der Waals surface area contributed by atoms with Crippen molar-refractivity contribution < 1.29 is 9.53 Å². The Morgan fingerprint density at radius 1 is 1.42 bits per heavy atom. The van der Waals surface area contributed by atoms with Crippen molar-refractivity contribution in [2.75, 3.05) is 13.7 Å². The van der Waals surface area contributed by atoms with Gasteiger partial charge in [-0.25, -0.2) is 4.68 Å². The fourth-order valence-corrected chi connectivity index (χ4v) is 4.47. The number of hydrogen-bond donors (Lipinski definition) is 0. The first-order valence-electron chi connectivity index (χ1n) is 8.90. The first kappa shape index (κ1) is 17.1. The summed E-state index contributed by atoms with van der Waals surface area (Å²) in [6, 6.07) is 3.34. The zero-order valence-corrected chi connectivity index (χ0v) is 14.8. The topological polar surface area (TPSA) is 64.4 Å². The maximum atomic E-state index is 12.7. The number of ether oxygens (including phenoxy) is 1. The monoisotopic (exact) mass is 333 g/mol. The molecule has 1 aromatic rings. The van der Waals surface area contributed by atoms with Crippen LogP contribution in [-0.4, -0.2) is 46.4 Å². The van der Waals surface area contributed by atoms with Crippen LogP contribution in [0.15, 0.2) is 16.9 Å². The summed E-state index contributed by atoms with van der Waals surface area (Å²) in [6.45, 7) is 4.57. The van der Waals surface area contributed by atoms with Gasteiger partial charge in [-0.15, -0.1) is 0 Å². The largest absolute Gasteiger partial charge is 0.378 e. The van der Waals surface area contributed by atoms with E-state index in [0.717, 1.165) is 31.6 Å². The number of amides is 1. The summed E-state index contributed by atoms with van der Waals surface area (Å²) < 4.78 is 7.18.